The first-order chi connectivity index (χ1) is 16.7. The van der Waals surface area contributed by atoms with Gasteiger partial charge in [0, 0.05) is 31.5 Å². The van der Waals surface area contributed by atoms with E-state index in [1.807, 2.05) is 6.92 Å². The van der Waals surface area contributed by atoms with Gasteiger partial charge in [-0.15, -0.1) is 0 Å². The van der Waals surface area contributed by atoms with Gasteiger partial charge in [-0.1, -0.05) is 51.3 Å². The fraction of sp³-hybridized carbons (Fsp3) is 0.0833. The van der Waals surface area contributed by atoms with Crippen LogP contribution in [-0.4, -0.2) is 30.5 Å². The van der Waals surface area contributed by atoms with Gasteiger partial charge >= 0.3 is 11.8 Å². The Morgan fingerprint density at radius 3 is 2.51 bits per heavy atom. The minimum atomic E-state index is -0.977. The van der Waals surface area contributed by atoms with Crippen molar-refractivity contribution >= 4 is 74.4 Å². The Labute approximate surface area is 219 Å². The van der Waals surface area contributed by atoms with Crippen molar-refractivity contribution in [1.29, 1.82) is 0 Å². The van der Waals surface area contributed by atoms with Crippen LogP contribution in [-0.2, 0) is 14.4 Å². The minimum Gasteiger partial charge on any atom is -0.483 e. The lowest BCUT2D eigenvalue weighted by molar-refractivity contribution is -0.136. The van der Waals surface area contributed by atoms with Crippen LogP contribution in [0.3, 0.4) is 0 Å². The average Bonchev–Trinajstić information content (AvgIpc) is 2.81. The van der Waals surface area contributed by atoms with Crippen LogP contribution >= 0.6 is 39.1 Å². The standard InChI is InChI=1S/C24H19BrCl2N4O4/c1-14-5-7-18(27)11-20(14)30-22(32)13-35-21-8-6-16(25)9-15(21)12-28-31-24(34)23(33)29-19-4-2-3-17(26)10-19/h2-12H,13H2,1H3,(H,29,33)(H,30,32)(H,31,34)/b28-12-. The molecule has 3 aromatic carbocycles. The van der Waals surface area contributed by atoms with Gasteiger partial charge in [0.05, 0.1) is 6.21 Å². The number of benzene rings is 3. The Morgan fingerprint density at radius 1 is 0.971 bits per heavy atom. The third-order valence-corrected chi connectivity index (χ3v) is 5.43. The van der Waals surface area contributed by atoms with Crippen molar-refractivity contribution in [3.63, 3.8) is 0 Å². The molecule has 0 saturated carbocycles. The fourth-order valence-corrected chi connectivity index (χ4v) is 3.52. The first-order valence-corrected chi connectivity index (χ1v) is 11.6. The van der Waals surface area contributed by atoms with Crippen LogP contribution in [0, 0.1) is 6.92 Å². The molecule has 3 amide bonds. The zero-order chi connectivity index (χ0) is 25.4. The van der Waals surface area contributed by atoms with Crippen molar-refractivity contribution < 1.29 is 19.1 Å². The molecule has 0 aliphatic rings. The monoisotopic (exact) mass is 576 g/mol. The maximum Gasteiger partial charge on any atom is 0.329 e. The van der Waals surface area contributed by atoms with Gasteiger partial charge in [0.15, 0.2) is 6.61 Å². The third kappa shape index (κ3) is 8.10. The van der Waals surface area contributed by atoms with E-state index in [-0.39, 0.29) is 12.5 Å². The van der Waals surface area contributed by atoms with Gasteiger partial charge in [-0.25, -0.2) is 5.43 Å². The SMILES string of the molecule is Cc1ccc(Cl)cc1NC(=O)COc1ccc(Br)cc1/C=N\NC(=O)C(=O)Nc1cccc(Cl)c1. The number of nitrogens with zero attached hydrogens (tertiary/aromatic N) is 1. The lowest BCUT2D eigenvalue weighted by Crippen LogP contribution is -2.32. The zero-order valence-corrected chi connectivity index (χ0v) is 21.4. The van der Waals surface area contributed by atoms with Crippen LogP contribution in [0.2, 0.25) is 10.0 Å². The van der Waals surface area contributed by atoms with E-state index in [1.165, 1.54) is 12.3 Å². The number of nitrogens with one attached hydrogen (secondary N) is 3. The third-order valence-electron chi connectivity index (χ3n) is 4.46. The summed E-state index contributed by atoms with van der Waals surface area (Å²) in [7, 11) is 0. The second-order valence-corrected chi connectivity index (χ2v) is 8.93. The van der Waals surface area contributed by atoms with Gasteiger partial charge in [0.25, 0.3) is 5.91 Å². The number of carbonyl (C=O) groups is 3. The highest BCUT2D eigenvalue weighted by Gasteiger charge is 2.13. The quantitative estimate of drug-likeness (QED) is 0.204. The summed E-state index contributed by atoms with van der Waals surface area (Å²) < 4.78 is 6.35. The highest BCUT2D eigenvalue weighted by Crippen LogP contribution is 2.23. The summed E-state index contributed by atoms with van der Waals surface area (Å²) in [5, 5.41) is 9.89. The van der Waals surface area contributed by atoms with Crippen LogP contribution in [0.5, 0.6) is 5.75 Å². The molecule has 11 heteroatoms. The molecule has 0 fully saturated rings. The van der Waals surface area contributed by atoms with Crippen LogP contribution in [0.1, 0.15) is 11.1 Å². The second-order valence-electron chi connectivity index (χ2n) is 7.14. The molecule has 0 unspecified atom stereocenters. The molecule has 0 atom stereocenters. The van der Waals surface area contributed by atoms with Gasteiger partial charge in [-0.05, 0) is 61.0 Å². The van der Waals surface area contributed by atoms with Crippen LogP contribution < -0.4 is 20.8 Å². The number of hydrogen-bond donors (Lipinski definition) is 3. The Morgan fingerprint density at radius 2 is 1.74 bits per heavy atom. The van der Waals surface area contributed by atoms with E-state index in [9.17, 15) is 14.4 Å². The molecule has 35 heavy (non-hydrogen) atoms. The molecule has 0 saturated heterocycles. The van der Waals surface area contributed by atoms with E-state index in [1.54, 1.807) is 54.6 Å². The normalized spacial score (nSPS) is 10.6. The van der Waals surface area contributed by atoms with Crippen molar-refractivity contribution in [2.45, 2.75) is 6.92 Å². The largest absolute Gasteiger partial charge is 0.483 e. The maximum atomic E-state index is 12.3. The fourth-order valence-electron chi connectivity index (χ4n) is 2.78. The van der Waals surface area contributed by atoms with Crippen molar-refractivity contribution in [3.8, 4) is 5.75 Å². The van der Waals surface area contributed by atoms with E-state index in [4.69, 9.17) is 27.9 Å². The van der Waals surface area contributed by atoms with Gasteiger partial charge in [0.2, 0.25) is 0 Å². The number of halogens is 3. The molecule has 3 rings (SSSR count). The summed E-state index contributed by atoms with van der Waals surface area (Å²) in [5.74, 6) is -1.93. The smallest absolute Gasteiger partial charge is 0.329 e. The average molecular weight is 578 g/mol. The van der Waals surface area contributed by atoms with Gasteiger partial charge in [-0.2, -0.15) is 5.10 Å². The molecule has 0 radical (unpaired) electrons. The Bertz CT molecular complexity index is 1300. The van der Waals surface area contributed by atoms with Crippen molar-refractivity contribution in [2.75, 3.05) is 17.2 Å². The van der Waals surface area contributed by atoms with Crippen LogP contribution in [0.15, 0.2) is 70.2 Å². The number of amides is 3. The number of rotatable bonds is 7. The highest BCUT2D eigenvalue weighted by atomic mass is 79.9. The summed E-state index contributed by atoms with van der Waals surface area (Å²) in [4.78, 5) is 36.4. The predicted molar refractivity (Wildman–Crippen MR) is 140 cm³/mol. The second kappa shape index (κ2) is 12.3. The molecule has 3 aromatic rings. The number of hydrogen-bond acceptors (Lipinski definition) is 5. The van der Waals surface area contributed by atoms with E-state index in [0.29, 0.717) is 32.7 Å². The molecule has 0 bridgehead atoms. The maximum absolute atomic E-state index is 12.3. The first kappa shape index (κ1) is 26.2. The predicted octanol–water partition coefficient (Wildman–Crippen LogP) is 5.17. The molecule has 0 heterocycles. The van der Waals surface area contributed by atoms with Crippen molar-refractivity contribution in [3.05, 3.63) is 86.3 Å². The van der Waals surface area contributed by atoms with Crippen molar-refractivity contribution in [1.82, 2.24) is 5.43 Å². The summed E-state index contributed by atoms with van der Waals surface area (Å²) in [6.45, 7) is 1.57. The Balaban J connectivity index is 1.59. The molecule has 0 aliphatic heterocycles. The van der Waals surface area contributed by atoms with Gasteiger partial charge < -0.3 is 15.4 Å². The van der Waals surface area contributed by atoms with E-state index < -0.39 is 11.8 Å². The molecule has 180 valence electrons. The minimum absolute atomic E-state index is 0.275. The molecule has 3 N–H and O–H groups in total. The van der Waals surface area contributed by atoms with Crippen LogP contribution in [0.25, 0.3) is 0 Å². The van der Waals surface area contributed by atoms with E-state index in [0.717, 1.165) is 10.0 Å². The number of aryl methyl sites for hydroxylation is 1. The summed E-state index contributed by atoms with van der Waals surface area (Å²) >= 11 is 15.2. The molecular formula is C24H19BrCl2N4O4. The summed E-state index contributed by atoms with van der Waals surface area (Å²) in [5.41, 5.74) is 4.42. The lowest BCUT2D eigenvalue weighted by atomic mass is 10.2. The Kier molecular flexibility index (Phi) is 9.25. The number of anilines is 2. The highest BCUT2D eigenvalue weighted by molar-refractivity contribution is 9.10. The van der Waals surface area contributed by atoms with Gasteiger partial charge in [-0.3, -0.25) is 14.4 Å². The summed E-state index contributed by atoms with van der Waals surface area (Å²) in [6.07, 6.45) is 1.30. The van der Waals surface area contributed by atoms with Crippen LogP contribution in [0.4, 0.5) is 11.4 Å². The molecule has 0 aromatic heterocycles. The lowest BCUT2D eigenvalue weighted by Gasteiger charge is -2.11. The van der Waals surface area contributed by atoms with E-state index in [2.05, 4.69) is 37.1 Å². The molecule has 8 nitrogen and oxygen atoms in total. The van der Waals surface area contributed by atoms with E-state index >= 15 is 0 Å². The number of carbonyl (C=O) groups excluding carboxylic acids is 3. The van der Waals surface area contributed by atoms with Gasteiger partial charge in [0.1, 0.15) is 5.75 Å². The topological polar surface area (TPSA) is 109 Å². The van der Waals surface area contributed by atoms with Crippen molar-refractivity contribution in [2.24, 2.45) is 5.10 Å². The first-order valence-electron chi connectivity index (χ1n) is 10.1. The molecule has 0 aliphatic carbocycles. The Hall–Kier alpha value is -3.40. The number of hydrazone groups is 1. The summed E-state index contributed by atoms with van der Waals surface area (Å²) in [6, 6.07) is 16.6. The zero-order valence-electron chi connectivity index (χ0n) is 18.3. The number of ether oxygens (including phenoxy) is 1. The molecule has 0 spiro atoms. The molecular weight excluding hydrogens is 559 g/mol.